The fraction of sp³-hybridized carbons (Fsp3) is 0.357. The van der Waals surface area contributed by atoms with Crippen LogP contribution in [0.1, 0.15) is 35.0 Å². The van der Waals surface area contributed by atoms with Crippen molar-refractivity contribution in [3.05, 3.63) is 47.5 Å². The number of carbonyl (C=O) groups excluding carboxylic acids is 1. The lowest BCUT2D eigenvalue weighted by molar-refractivity contribution is 0.0511. The first kappa shape index (κ1) is 14.2. The molecule has 106 valence electrons. The maximum atomic E-state index is 11.7. The van der Waals surface area contributed by atoms with Gasteiger partial charge in [0.05, 0.1) is 6.61 Å². The summed E-state index contributed by atoms with van der Waals surface area (Å²) in [6, 6.07) is 9.64. The van der Waals surface area contributed by atoms with E-state index >= 15 is 0 Å². The van der Waals surface area contributed by atoms with E-state index in [0.717, 1.165) is 5.56 Å². The third-order valence-corrected chi connectivity index (χ3v) is 2.83. The van der Waals surface area contributed by atoms with Gasteiger partial charge in [0.1, 0.15) is 6.10 Å². The predicted molar refractivity (Wildman–Crippen MR) is 72.3 cm³/mol. The number of nitrogens with zero attached hydrogens (tertiary/aromatic N) is 3. The minimum absolute atomic E-state index is 0.0438. The Kier molecular flexibility index (Phi) is 4.47. The van der Waals surface area contributed by atoms with Crippen LogP contribution in [-0.4, -0.2) is 34.5 Å². The number of benzene rings is 1. The summed E-state index contributed by atoms with van der Waals surface area (Å²) >= 11 is 0. The van der Waals surface area contributed by atoms with Crippen molar-refractivity contribution in [3.63, 3.8) is 0 Å². The number of methoxy groups -OCH3 is 1. The Morgan fingerprint density at radius 3 is 2.65 bits per heavy atom. The third kappa shape index (κ3) is 2.85. The van der Waals surface area contributed by atoms with E-state index in [4.69, 9.17) is 9.47 Å². The lowest BCUT2D eigenvalue weighted by Crippen LogP contribution is -2.10. The molecule has 1 unspecified atom stereocenters. The maximum absolute atomic E-state index is 11.7. The molecule has 0 aliphatic heterocycles. The van der Waals surface area contributed by atoms with Crippen LogP contribution in [0.4, 0.5) is 0 Å². The molecule has 1 heterocycles. The first-order valence-corrected chi connectivity index (χ1v) is 6.33. The van der Waals surface area contributed by atoms with Gasteiger partial charge in [-0.1, -0.05) is 30.3 Å². The Bertz CT molecular complexity index is 581. The Hall–Kier alpha value is -2.21. The molecule has 20 heavy (non-hydrogen) atoms. The molecule has 0 saturated heterocycles. The number of rotatable bonds is 5. The topological polar surface area (TPSA) is 66.2 Å². The van der Waals surface area contributed by atoms with Crippen LogP contribution < -0.4 is 0 Å². The number of aromatic nitrogens is 3. The van der Waals surface area contributed by atoms with E-state index < -0.39 is 5.97 Å². The van der Waals surface area contributed by atoms with Gasteiger partial charge in [-0.15, -0.1) is 5.10 Å². The average molecular weight is 275 g/mol. The molecule has 1 atom stereocenters. The Morgan fingerprint density at radius 2 is 2.05 bits per heavy atom. The number of esters is 1. The van der Waals surface area contributed by atoms with E-state index in [2.05, 4.69) is 10.1 Å². The van der Waals surface area contributed by atoms with Gasteiger partial charge in [-0.05, 0) is 12.5 Å². The van der Waals surface area contributed by atoms with Crippen LogP contribution in [-0.2, 0) is 16.5 Å². The predicted octanol–water partition coefficient (Wildman–Crippen LogP) is 1.73. The summed E-state index contributed by atoms with van der Waals surface area (Å²) < 4.78 is 11.9. The van der Waals surface area contributed by atoms with Gasteiger partial charge < -0.3 is 9.47 Å². The standard InChI is InChI=1S/C14H17N3O3/c1-4-20-14(18)12-15-13(17(2)16-12)11(19-3)10-8-6-5-7-9-10/h5-9,11H,4H2,1-3H3. The van der Waals surface area contributed by atoms with Gasteiger partial charge in [-0.3, -0.25) is 0 Å². The van der Waals surface area contributed by atoms with Gasteiger partial charge >= 0.3 is 5.97 Å². The van der Waals surface area contributed by atoms with Gasteiger partial charge in [0, 0.05) is 14.2 Å². The molecule has 6 heteroatoms. The zero-order valence-corrected chi connectivity index (χ0v) is 11.7. The van der Waals surface area contributed by atoms with E-state index in [9.17, 15) is 4.79 Å². The fourth-order valence-corrected chi connectivity index (χ4v) is 1.93. The summed E-state index contributed by atoms with van der Waals surface area (Å²) in [5, 5.41) is 4.07. The van der Waals surface area contributed by atoms with Crippen LogP contribution in [0, 0.1) is 0 Å². The Balaban J connectivity index is 2.34. The molecule has 1 aromatic heterocycles. The number of hydrogen-bond donors (Lipinski definition) is 0. The third-order valence-electron chi connectivity index (χ3n) is 2.83. The maximum Gasteiger partial charge on any atom is 0.378 e. The highest BCUT2D eigenvalue weighted by Crippen LogP contribution is 2.23. The summed E-state index contributed by atoms with van der Waals surface area (Å²) in [5.74, 6) is 0.0707. The van der Waals surface area contributed by atoms with Crippen molar-refractivity contribution in [1.82, 2.24) is 14.8 Å². The molecular formula is C14H17N3O3. The van der Waals surface area contributed by atoms with Crippen LogP contribution in [0.5, 0.6) is 0 Å². The molecule has 0 aliphatic carbocycles. The largest absolute Gasteiger partial charge is 0.460 e. The normalized spacial score (nSPS) is 12.2. The Labute approximate surface area is 117 Å². The smallest absolute Gasteiger partial charge is 0.378 e. The van der Waals surface area contributed by atoms with Crippen molar-refractivity contribution >= 4 is 5.97 Å². The first-order valence-electron chi connectivity index (χ1n) is 6.33. The SMILES string of the molecule is CCOC(=O)c1nc(C(OC)c2ccccc2)n(C)n1. The van der Waals surface area contributed by atoms with E-state index in [0.29, 0.717) is 12.4 Å². The summed E-state index contributed by atoms with van der Waals surface area (Å²) in [6.07, 6.45) is -0.378. The van der Waals surface area contributed by atoms with E-state index in [1.807, 2.05) is 30.3 Å². The average Bonchev–Trinajstić information content (AvgIpc) is 2.84. The fourth-order valence-electron chi connectivity index (χ4n) is 1.93. The van der Waals surface area contributed by atoms with Crippen LogP contribution in [0.15, 0.2) is 30.3 Å². The van der Waals surface area contributed by atoms with Crippen molar-refractivity contribution in [2.24, 2.45) is 7.05 Å². The highest BCUT2D eigenvalue weighted by atomic mass is 16.5. The first-order chi connectivity index (χ1) is 9.67. The monoisotopic (exact) mass is 275 g/mol. The van der Waals surface area contributed by atoms with Gasteiger partial charge in [0.2, 0.25) is 0 Å². The zero-order chi connectivity index (χ0) is 14.5. The van der Waals surface area contributed by atoms with Crippen LogP contribution in [0.3, 0.4) is 0 Å². The van der Waals surface area contributed by atoms with Crippen molar-refractivity contribution in [2.75, 3.05) is 13.7 Å². The highest BCUT2D eigenvalue weighted by Gasteiger charge is 2.23. The van der Waals surface area contributed by atoms with E-state index in [-0.39, 0.29) is 11.9 Å². The molecule has 0 bridgehead atoms. The molecule has 0 saturated carbocycles. The molecule has 0 amide bonds. The van der Waals surface area contributed by atoms with Crippen molar-refractivity contribution in [3.8, 4) is 0 Å². The Morgan fingerprint density at radius 1 is 1.35 bits per heavy atom. The summed E-state index contributed by atoms with van der Waals surface area (Å²) in [5.41, 5.74) is 0.945. The van der Waals surface area contributed by atoms with Crippen molar-refractivity contribution in [2.45, 2.75) is 13.0 Å². The van der Waals surface area contributed by atoms with Gasteiger partial charge in [-0.25, -0.2) is 14.5 Å². The molecule has 0 N–H and O–H groups in total. The quantitative estimate of drug-likeness (QED) is 0.777. The second kappa shape index (κ2) is 6.29. The molecule has 0 fully saturated rings. The molecule has 0 aliphatic rings. The van der Waals surface area contributed by atoms with Gasteiger partial charge in [-0.2, -0.15) is 0 Å². The van der Waals surface area contributed by atoms with Gasteiger partial charge in [0.15, 0.2) is 5.82 Å². The summed E-state index contributed by atoms with van der Waals surface area (Å²) in [4.78, 5) is 15.9. The minimum atomic E-state index is -0.530. The van der Waals surface area contributed by atoms with Crippen LogP contribution in [0.25, 0.3) is 0 Å². The lowest BCUT2D eigenvalue weighted by atomic mass is 10.1. The molecule has 6 nitrogen and oxygen atoms in total. The van der Waals surface area contributed by atoms with Crippen LogP contribution in [0.2, 0.25) is 0 Å². The summed E-state index contributed by atoms with van der Waals surface area (Å²) in [6.45, 7) is 2.03. The van der Waals surface area contributed by atoms with Crippen molar-refractivity contribution < 1.29 is 14.3 Å². The second-order valence-electron chi connectivity index (χ2n) is 4.16. The number of ether oxygens (including phenoxy) is 2. The number of carbonyl (C=O) groups is 1. The second-order valence-corrected chi connectivity index (χ2v) is 4.16. The molecule has 0 spiro atoms. The summed E-state index contributed by atoms with van der Waals surface area (Å²) in [7, 11) is 3.32. The van der Waals surface area contributed by atoms with E-state index in [1.165, 1.54) is 4.68 Å². The molecule has 1 aromatic carbocycles. The highest BCUT2D eigenvalue weighted by molar-refractivity contribution is 5.85. The minimum Gasteiger partial charge on any atom is -0.460 e. The number of hydrogen-bond acceptors (Lipinski definition) is 5. The molecule has 0 radical (unpaired) electrons. The van der Waals surface area contributed by atoms with E-state index in [1.54, 1.807) is 21.1 Å². The molecule has 2 rings (SSSR count). The van der Waals surface area contributed by atoms with Crippen LogP contribution >= 0.6 is 0 Å². The lowest BCUT2D eigenvalue weighted by Gasteiger charge is -2.14. The molecular weight excluding hydrogens is 258 g/mol. The van der Waals surface area contributed by atoms with Gasteiger partial charge in [0.25, 0.3) is 5.82 Å². The number of aryl methyl sites for hydroxylation is 1. The molecule has 2 aromatic rings. The van der Waals surface area contributed by atoms with Crippen molar-refractivity contribution in [1.29, 1.82) is 0 Å². The zero-order valence-electron chi connectivity index (χ0n) is 11.7.